The lowest BCUT2D eigenvalue weighted by atomic mass is 10.1. The molecule has 19 heavy (non-hydrogen) atoms. The highest BCUT2D eigenvalue weighted by molar-refractivity contribution is 5.89. The van der Waals surface area contributed by atoms with Crippen LogP contribution >= 0.6 is 0 Å². The topological polar surface area (TPSA) is 43.8 Å². The first kappa shape index (κ1) is 12.6. The summed E-state index contributed by atoms with van der Waals surface area (Å²) in [5.74, 6) is 1.11. The summed E-state index contributed by atoms with van der Waals surface area (Å²) in [6.07, 6.45) is 3.79. The number of aromatic nitrogens is 1. The van der Waals surface area contributed by atoms with Gasteiger partial charge in [-0.3, -0.25) is 14.9 Å². The molecule has 1 atom stereocenters. The fourth-order valence-corrected chi connectivity index (χ4v) is 2.76. The van der Waals surface area contributed by atoms with Gasteiger partial charge < -0.3 is 10.2 Å². The predicted octanol–water partition coefficient (Wildman–Crippen LogP) is 0.372. The molecular weight excluding hydrogens is 238 g/mol. The van der Waals surface area contributed by atoms with Crippen molar-refractivity contribution in [3.05, 3.63) is 30.1 Å². The monoisotopic (exact) mass is 259 g/mol. The van der Waals surface area contributed by atoms with Crippen molar-refractivity contribution in [3.63, 3.8) is 0 Å². The van der Waals surface area contributed by atoms with E-state index in [0.29, 0.717) is 0 Å². The summed E-state index contributed by atoms with van der Waals surface area (Å²) in [7, 11) is 2.18. The molecule has 1 unspecified atom stereocenters. The van der Waals surface area contributed by atoms with Crippen molar-refractivity contribution in [2.45, 2.75) is 6.04 Å². The van der Waals surface area contributed by atoms with E-state index in [0.717, 1.165) is 45.1 Å². The summed E-state index contributed by atoms with van der Waals surface area (Å²) >= 11 is 0. The average molecular weight is 259 g/mol. The van der Waals surface area contributed by atoms with E-state index < -0.39 is 0 Å². The molecule has 0 saturated carbocycles. The molecule has 1 aromatic rings. The van der Waals surface area contributed by atoms with Crippen molar-refractivity contribution in [3.8, 4) is 0 Å². The van der Waals surface area contributed by atoms with Gasteiger partial charge in [-0.2, -0.15) is 0 Å². The second-order valence-corrected chi connectivity index (χ2v) is 5.22. The number of rotatable bonds is 3. The first-order valence-electron chi connectivity index (χ1n) is 6.95. The molecule has 0 bridgehead atoms. The van der Waals surface area contributed by atoms with E-state index in [1.165, 1.54) is 5.56 Å². The molecule has 5 heteroatoms. The third-order valence-electron chi connectivity index (χ3n) is 3.86. The number of pyridine rings is 1. The largest absolute Gasteiger partial charge is 0.370 e. The number of nitrogens with one attached hydrogen (secondary N) is 1. The molecule has 5 nitrogen and oxygen atoms in total. The summed E-state index contributed by atoms with van der Waals surface area (Å²) in [5.41, 5.74) is 1.24. The van der Waals surface area contributed by atoms with E-state index in [2.05, 4.69) is 38.2 Å². The van der Waals surface area contributed by atoms with Gasteiger partial charge >= 0.3 is 0 Å². The summed E-state index contributed by atoms with van der Waals surface area (Å²) in [6, 6.07) is 4.40. The van der Waals surface area contributed by atoms with Crippen molar-refractivity contribution in [2.24, 2.45) is 4.99 Å². The number of piperazine rings is 1. The van der Waals surface area contributed by atoms with Crippen molar-refractivity contribution in [1.82, 2.24) is 20.1 Å². The van der Waals surface area contributed by atoms with Crippen molar-refractivity contribution < 1.29 is 0 Å². The third kappa shape index (κ3) is 2.77. The highest BCUT2D eigenvalue weighted by Gasteiger charge is 2.29. The van der Waals surface area contributed by atoms with E-state index in [1.54, 1.807) is 0 Å². The number of hydrogen-bond acceptors (Lipinski definition) is 5. The third-order valence-corrected chi connectivity index (χ3v) is 3.86. The number of amidine groups is 1. The van der Waals surface area contributed by atoms with Crippen molar-refractivity contribution in [2.75, 3.05) is 46.3 Å². The van der Waals surface area contributed by atoms with Gasteiger partial charge in [0.15, 0.2) is 0 Å². The first-order chi connectivity index (χ1) is 9.34. The van der Waals surface area contributed by atoms with E-state index in [9.17, 15) is 0 Å². The smallest absolute Gasteiger partial charge is 0.119 e. The normalized spacial score (nSPS) is 22.9. The maximum atomic E-state index is 4.63. The Bertz CT molecular complexity index is 436. The Morgan fingerprint density at radius 2 is 2.11 bits per heavy atom. The zero-order valence-corrected chi connectivity index (χ0v) is 11.4. The van der Waals surface area contributed by atoms with Crippen LogP contribution < -0.4 is 5.32 Å². The van der Waals surface area contributed by atoms with E-state index in [1.807, 2.05) is 18.5 Å². The molecule has 1 aromatic heterocycles. The fourth-order valence-electron chi connectivity index (χ4n) is 2.76. The molecule has 0 amide bonds. The zero-order chi connectivity index (χ0) is 13.1. The number of aliphatic imine (C=N–C) groups is 1. The Balaban J connectivity index is 1.84. The summed E-state index contributed by atoms with van der Waals surface area (Å²) in [4.78, 5) is 13.8. The lowest BCUT2D eigenvalue weighted by Crippen LogP contribution is -2.49. The van der Waals surface area contributed by atoms with Crippen LogP contribution in [-0.2, 0) is 0 Å². The maximum Gasteiger partial charge on any atom is 0.119 e. The highest BCUT2D eigenvalue weighted by atomic mass is 15.3. The van der Waals surface area contributed by atoms with Gasteiger partial charge in [0.25, 0.3) is 0 Å². The average Bonchev–Trinajstić information content (AvgIpc) is 2.96. The number of likely N-dealkylation sites (N-methyl/N-ethyl adjacent to an activating group) is 1. The molecule has 1 fully saturated rings. The second-order valence-electron chi connectivity index (χ2n) is 5.22. The summed E-state index contributed by atoms with van der Waals surface area (Å²) in [5, 5.41) is 3.43. The van der Waals surface area contributed by atoms with Gasteiger partial charge in [0.2, 0.25) is 0 Å². The predicted molar refractivity (Wildman–Crippen MR) is 76.4 cm³/mol. The van der Waals surface area contributed by atoms with Gasteiger partial charge in [-0.25, -0.2) is 0 Å². The van der Waals surface area contributed by atoms with Crippen LogP contribution in [0, 0.1) is 0 Å². The lowest BCUT2D eigenvalue weighted by molar-refractivity contribution is 0.136. The standard InChI is InChI=1S/C14H21N5/c1-18-7-9-19(10-8-18)13(14-16-5-6-17-14)12-3-2-4-15-11-12/h2-4,11,13H,5-10H2,1H3,(H,16,17). The molecule has 102 valence electrons. The minimum absolute atomic E-state index is 0.241. The van der Waals surface area contributed by atoms with Crippen LogP contribution in [0.3, 0.4) is 0 Å². The molecule has 0 aromatic carbocycles. The Kier molecular flexibility index (Phi) is 3.75. The summed E-state index contributed by atoms with van der Waals surface area (Å²) < 4.78 is 0. The Morgan fingerprint density at radius 3 is 2.74 bits per heavy atom. The van der Waals surface area contributed by atoms with E-state index in [4.69, 9.17) is 0 Å². The van der Waals surface area contributed by atoms with Crippen molar-refractivity contribution in [1.29, 1.82) is 0 Å². The lowest BCUT2D eigenvalue weighted by Gasteiger charge is -2.38. The molecule has 0 aliphatic carbocycles. The molecule has 1 N–H and O–H groups in total. The molecular formula is C14H21N5. The van der Waals surface area contributed by atoms with Crippen molar-refractivity contribution >= 4 is 5.84 Å². The van der Waals surface area contributed by atoms with Crippen LogP contribution in [-0.4, -0.2) is 66.9 Å². The summed E-state index contributed by atoms with van der Waals surface area (Å²) in [6.45, 7) is 6.24. The van der Waals surface area contributed by atoms with Crippen LogP contribution in [0.5, 0.6) is 0 Å². The van der Waals surface area contributed by atoms with Gasteiger partial charge in [0.1, 0.15) is 5.84 Å². The Morgan fingerprint density at radius 1 is 1.26 bits per heavy atom. The first-order valence-corrected chi connectivity index (χ1v) is 6.95. The minimum atomic E-state index is 0.241. The van der Waals surface area contributed by atoms with Gasteiger partial charge in [-0.05, 0) is 18.7 Å². The second kappa shape index (κ2) is 5.67. The van der Waals surface area contributed by atoms with Crippen LogP contribution in [0.4, 0.5) is 0 Å². The van der Waals surface area contributed by atoms with Gasteiger partial charge in [-0.15, -0.1) is 0 Å². The minimum Gasteiger partial charge on any atom is -0.370 e. The van der Waals surface area contributed by atoms with Crippen LogP contribution in [0.15, 0.2) is 29.5 Å². The molecule has 0 radical (unpaired) electrons. The number of hydrogen-bond donors (Lipinski definition) is 1. The Labute approximate surface area is 114 Å². The van der Waals surface area contributed by atoms with Gasteiger partial charge in [0, 0.05) is 45.1 Å². The quantitative estimate of drug-likeness (QED) is 0.852. The number of nitrogens with zero attached hydrogens (tertiary/aromatic N) is 4. The highest BCUT2D eigenvalue weighted by Crippen LogP contribution is 2.23. The fraction of sp³-hybridized carbons (Fsp3) is 0.571. The van der Waals surface area contributed by atoms with Crippen LogP contribution in [0.2, 0.25) is 0 Å². The molecule has 3 rings (SSSR count). The Hall–Kier alpha value is -1.46. The molecule has 0 spiro atoms. The molecule has 2 aliphatic rings. The molecule has 2 aliphatic heterocycles. The molecule has 1 saturated heterocycles. The molecule has 3 heterocycles. The SMILES string of the molecule is CN1CCN(C(C2=NCCN2)c2cccnc2)CC1. The van der Waals surface area contributed by atoms with E-state index in [-0.39, 0.29) is 6.04 Å². The maximum absolute atomic E-state index is 4.63. The van der Waals surface area contributed by atoms with Crippen LogP contribution in [0.25, 0.3) is 0 Å². The van der Waals surface area contributed by atoms with Gasteiger partial charge in [0.05, 0.1) is 12.6 Å². The van der Waals surface area contributed by atoms with Crippen LogP contribution in [0.1, 0.15) is 11.6 Å². The van der Waals surface area contributed by atoms with Gasteiger partial charge in [-0.1, -0.05) is 6.07 Å². The van der Waals surface area contributed by atoms with E-state index >= 15 is 0 Å². The zero-order valence-electron chi connectivity index (χ0n) is 11.4.